The lowest BCUT2D eigenvalue weighted by Crippen LogP contribution is -2.16. The van der Waals surface area contributed by atoms with Crippen molar-refractivity contribution in [1.82, 2.24) is 20.2 Å². The molecule has 0 fully saturated rings. The van der Waals surface area contributed by atoms with Crippen molar-refractivity contribution in [3.05, 3.63) is 59.2 Å². The monoisotopic (exact) mass is 368 g/mol. The third-order valence-electron chi connectivity index (χ3n) is 4.07. The van der Waals surface area contributed by atoms with Gasteiger partial charge in [0.15, 0.2) is 5.78 Å². The van der Waals surface area contributed by atoms with Crippen LogP contribution in [0.15, 0.2) is 47.6 Å². The van der Waals surface area contributed by atoms with Crippen LogP contribution in [0.4, 0.5) is 0 Å². The van der Waals surface area contributed by atoms with Crippen molar-refractivity contribution in [3.8, 4) is 11.4 Å². The molecule has 26 heavy (non-hydrogen) atoms. The molecular formula is C19H20N4O2S. The summed E-state index contributed by atoms with van der Waals surface area (Å²) in [6.45, 7) is 5.81. The summed E-state index contributed by atoms with van der Waals surface area (Å²) in [6, 6.07) is 13.3. The Morgan fingerprint density at radius 3 is 2.58 bits per heavy atom. The Kier molecular flexibility index (Phi) is 5.37. The Morgan fingerprint density at radius 1 is 1.15 bits per heavy atom. The zero-order chi connectivity index (χ0) is 18.7. The average molecular weight is 368 g/mol. The molecule has 1 heterocycles. The van der Waals surface area contributed by atoms with Gasteiger partial charge in [0.2, 0.25) is 5.16 Å². The molecule has 0 radical (unpaired) electrons. The first-order valence-electron chi connectivity index (χ1n) is 8.20. The van der Waals surface area contributed by atoms with Crippen molar-refractivity contribution in [2.24, 2.45) is 0 Å². The average Bonchev–Trinajstić information content (AvgIpc) is 3.11. The molecule has 0 amide bonds. The minimum absolute atomic E-state index is 0.0699. The molecule has 3 rings (SSSR count). The van der Waals surface area contributed by atoms with E-state index in [4.69, 9.17) is 4.74 Å². The Bertz CT molecular complexity index is 922. The molecule has 0 N–H and O–H groups in total. The Hall–Kier alpha value is -2.67. The standard InChI is InChI=1S/C19H20N4O2S/c1-12-5-6-13(2)17(11-12)18(24)14(3)26-19-20-21-22-23(19)15-7-9-16(25-4)10-8-15/h5-11,14H,1-4H3. The van der Waals surface area contributed by atoms with Crippen molar-refractivity contribution in [1.29, 1.82) is 0 Å². The van der Waals surface area contributed by atoms with Crippen LogP contribution in [-0.4, -0.2) is 38.4 Å². The van der Waals surface area contributed by atoms with E-state index in [1.807, 2.05) is 63.2 Å². The van der Waals surface area contributed by atoms with E-state index in [9.17, 15) is 4.79 Å². The van der Waals surface area contributed by atoms with Gasteiger partial charge >= 0.3 is 0 Å². The molecular weight excluding hydrogens is 348 g/mol. The fourth-order valence-corrected chi connectivity index (χ4v) is 3.45. The Morgan fingerprint density at radius 2 is 1.88 bits per heavy atom. The molecule has 0 spiro atoms. The van der Waals surface area contributed by atoms with Gasteiger partial charge in [0.25, 0.3) is 0 Å². The third-order valence-corrected chi connectivity index (χ3v) is 5.10. The molecule has 0 aliphatic carbocycles. The highest BCUT2D eigenvalue weighted by molar-refractivity contribution is 8.00. The first-order valence-corrected chi connectivity index (χ1v) is 9.08. The van der Waals surface area contributed by atoms with Crippen molar-refractivity contribution in [2.45, 2.75) is 31.2 Å². The van der Waals surface area contributed by atoms with Crippen LogP contribution < -0.4 is 4.74 Å². The second-order valence-electron chi connectivity index (χ2n) is 6.01. The minimum Gasteiger partial charge on any atom is -0.497 e. The molecule has 0 saturated carbocycles. The summed E-state index contributed by atoms with van der Waals surface area (Å²) in [6.07, 6.45) is 0. The highest BCUT2D eigenvalue weighted by Crippen LogP contribution is 2.27. The largest absolute Gasteiger partial charge is 0.497 e. The molecule has 0 aliphatic rings. The lowest BCUT2D eigenvalue weighted by Gasteiger charge is -2.12. The van der Waals surface area contributed by atoms with E-state index in [0.29, 0.717) is 5.16 Å². The number of hydrogen-bond acceptors (Lipinski definition) is 6. The van der Waals surface area contributed by atoms with Gasteiger partial charge in [-0.25, -0.2) is 0 Å². The number of tetrazole rings is 1. The highest BCUT2D eigenvalue weighted by Gasteiger charge is 2.22. The maximum atomic E-state index is 12.9. The lowest BCUT2D eigenvalue weighted by atomic mass is 10.0. The van der Waals surface area contributed by atoms with Gasteiger partial charge < -0.3 is 4.74 Å². The van der Waals surface area contributed by atoms with Gasteiger partial charge in [0, 0.05) is 5.56 Å². The molecule has 3 aromatic rings. The van der Waals surface area contributed by atoms with Gasteiger partial charge in [0.05, 0.1) is 18.0 Å². The number of carbonyl (C=O) groups excluding carboxylic acids is 1. The predicted molar refractivity (Wildman–Crippen MR) is 101 cm³/mol. The second-order valence-corrected chi connectivity index (χ2v) is 7.32. The zero-order valence-corrected chi connectivity index (χ0v) is 15.9. The van der Waals surface area contributed by atoms with Crippen LogP contribution in [0.25, 0.3) is 5.69 Å². The van der Waals surface area contributed by atoms with Crippen LogP contribution in [0.5, 0.6) is 5.75 Å². The molecule has 1 unspecified atom stereocenters. The number of rotatable bonds is 6. The zero-order valence-electron chi connectivity index (χ0n) is 15.1. The molecule has 0 saturated heterocycles. The van der Waals surface area contributed by atoms with Gasteiger partial charge in [-0.15, -0.1) is 5.10 Å². The summed E-state index contributed by atoms with van der Waals surface area (Å²) in [5.41, 5.74) is 3.60. The van der Waals surface area contributed by atoms with Crippen LogP contribution in [0.3, 0.4) is 0 Å². The maximum Gasteiger partial charge on any atom is 0.214 e. The number of carbonyl (C=O) groups is 1. The van der Waals surface area contributed by atoms with E-state index >= 15 is 0 Å². The van der Waals surface area contributed by atoms with Crippen LogP contribution in [0.2, 0.25) is 0 Å². The third kappa shape index (κ3) is 3.77. The smallest absolute Gasteiger partial charge is 0.214 e. The summed E-state index contributed by atoms with van der Waals surface area (Å²) in [7, 11) is 1.62. The summed E-state index contributed by atoms with van der Waals surface area (Å²) in [5, 5.41) is 12.1. The second kappa shape index (κ2) is 7.70. The van der Waals surface area contributed by atoms with Gasteiger partial charge in [-0.05, 0) is 67.1 Å². The summed E-state index contributed by atoms with van der Waals surface area (Å²) >= 11 is 1.35. The minimum atomic E-state index is -0.307. The van der Waals surface area contributed by atoms with E-state index in [1.54, 1.807) is 11.8 Å². The van der Waals surface area contributed by atoms with Crippen molar-refractivity contribution >= 4 is 17.5 Å². The molecule has 0 bridgehead atoms. The number of methoxy groups -OCH3 is 1. The molecule has 0 aliphatic heterocycles. The van der Waals surface area contributed by atoms with Gasteiger partial charge in [0.1, 0.15) is 5.75 Å². The first kappa shape index (κ1) is 18.1. The van der Waals surface area contributed by atoms with Gasteiger partial charge in [-0.1, -0.05) is 29.5 Å². The number of hydrogen-bond donors (Lipinski definition) is 0. The number of aromatic nitrogens is 4. The van der Waals surface area contributed by atoms with E-state index < -0.39 is 0 Å². The number of Topliss-reactive ketones (excluding diaryl/α,β-unsaturated/α-hetero) is 1. The quantitative estimate of drug-likeness (QED) is 0.489. The van der Waals surface area contributed by atoms with Crippen LogP contribution in [0.1, 0.15) is 28.4 Å². The molecule has 1 aromatic heterocycles. The summed E-state index contributed by atoms with van der Waals surface area (Å²) in [5.74, 6) is 0.829. The van der Waals surface area contributed by atoms with E-state index in [0.717, 1.165) is 28.1 Å². The molecule has 6 nitrogen and oxygen atoms in total. The molecule has 7 heteroatoms. The van der Waals surface area contributed by atoms with Crippen molar-refractivity contribution in [3.63, 3.8) is 0 Å². The van der Waals surface area contributed by atoms with E-state index in [2.05, 4.69) is 15.5 Å². The number of thioether (sulfide) groups is 1. The van der Waals surface area contributed by atoms with Crippen molar-refractivity contribution in [2.75, 3.05) is 7.11 Å². The van der Waals surface area contributed by atoms with E-state index in [1.165, 1.54) is 11.8 Å². The van der Waals surface area contributed by atoms with Crippen LogP contribution in [0, 0.1) is 13.8 Å². The number of aryl methyl sites for hydroxylation is 2. The van der Waals surface area contributed by atoms with Gasteiger partial charge in [-0.2, -0.15) is 4.68 Å². The number of ether oxygens (including phenoxy) is 1. The fraction of sp³-hybridized carbons (Fsp3) is 0.263. The SMILES string of the molecule is COc1ccc(-n2nnnc2SC(C)C(=O)c2cc(C)ccc2C)cc1. The molecule has 134 valence electrons. The normalized spacial score (nSPS) is 12.0. The number of ketones is 1. The fourth-order valence-electron chi connectivity index (χ4n) is 2.57. The molecule has 1 atom stereocenters. The maximum absolute atomic E-state index is 12.9. The molecule has 2 aromatic carbocycles. The Labute approximate surface area is 156 Å². The highest BCUT2D eigenvalue weighted by atomic mass is 32.2. The van der Waals surface area contributed by atoms with Crippen LogP contribution in [-0.2, 0) is 0 Å². The predicted octanol–water partition coefficient (Wildman–Crippen LogP) is 3.65. The summed E-state index contributed by atoms with van der Waals surface area (Å²) < 4.78 is 6.79. The topological polar surface area (TPSA) is 69.9 Å². The van der Waals surface area contributed by atoms with Gasteiger partial charge in [-0.3, -0.25) is 4.79 Å². The summed E-state index contributed by atoms with van der Waals surface area (Å²) in [4.78, 5) is 12.9. The van der Waals surface area contributed by atoms with Crippen molar-refractivity contribution < 1.29 is 9.53 Å². The first-order chi connectivity index (χ1) is 12.5. The lowest BCUT2D eigenvalue weighted by molar-refractivity contribution is 0.0993. The number of nitrogens with zero attached hydrogens (tertiary/aromatic N) is 4. The van der Waals surface area contributed by atoms with E-state index in [-0.39, 0.29) is 11.0 Å². The van der Waals surface area contributed by atoms with Crippen LogP contribution >= 0.6 is 11.8 Å². The number of benzene rings is 2. The Balaban J connectivity index is 1.82.